The lowest BCUT2D eigenvalue weighted by molar-refractivity contribution is -0.146. The largest absolute Gasteiger partial charge is 0.467 e. The van der Waals surface area contributed by atoms with Crippen molar-refractivity contribution < 1.29 is 19.1 Å². The normalized spacial score (nSPS) is 22.0. The number of nitrogen functional groups attached to an aromatic ring is 1. The summed E-state index contributed by atoms with van der Waals surface area (Å²) in [6, 6.07) is 6.41. The van der Waals surface area contributed by atoms with Gasteiger partial charge in [0.15, 0.2) is 0 Å². The summed E-state index contributed by atoms with van der Waals surface area (Å²) >= 11 is 0. The summed E-state index contributed by atoms with van der Waals surface area (Å²) in [5.41, 5.74) is 7.00. The molecule has 0 spiro atoms. The van der Waals surface area contributed by atoms with Crippen LogP contribution in [0.15, 0.2) is 24.3 Å². The number of ketones is 1. The molecule has 0 heterocycles. The SMILES string of the molecule is COC(=O)[C@H](Cc1ccc(N)cc1)NC(=O)C[C@@H]1C[C@H](C(C)=O)C1(C)C. The van der Waals surface area contributed by atoms with E-state index >= 15 is 0 Å². The lowest BCUT2D eigenvalue weighted by Gasteiger charge is -2.51. The van der Waals surface area contributed by atoms with Gasteiger partial charge in [0.05, 0.1) is 7.11 Å². The van der Waals surface area contributed by atoms with E-state index in [1.165, 1.54) is 7.11 Å². The van der Waals surface area contributed by atoms with E-state index in [9.17, 15) is 14.4 Å². The molecule has 1 fully saturated rings. The minimum atomic E-state index is -0.747. The maximum absolute atomic E-state index is 12.5. The van der Waals surface area contributed by atoms with Crippen molar-refractivity contribution in [3.8, 4) is 0 Å². The summed E-state index contributed by atoms with van der Waals surface area (Å²) < 4.78 is 4.82. The van der Waals surface area contributed by atoms with Crippen molar-refractivity contribution in [3.63, 3.8) is 0 Å². The third-order valence-corrected chi connectivity index (χ3v) is 5.63. The Morgan fingerprint density at radius 2 is 1.88 bits per heavy atom. The van der Waals surface area contributed by atoms with Crippen LogP contribution in [0.3, 0.4) is 0 Å². The van der Waals surface area contributed by atoms with E-state index in [0.29, 0.717) is 18.5 Å². The Kier molecular flexibility index (Phi) is 6.05. The van der Waals surface area contributed by atoms with E-state index in [4.69, 9.17) is 10.5 Å². The Morgan fingerprint density at radius 3 is 2.38 bits per heavy atom. The zero-order valence-corrected chi connectivity index (χ0v) is 15.9. The monoisotopic (exact) mass is 360 g/mol. The van der Waals surface area contributed by atoms with Crippen molar-refractivity contribution >= 4 is 23.3 Å². The fraction of sp³-hybridized carbons (Fsp3) is 0.550. The van der Waals surface area contributed by atoms with Gasteiger partial charge in [-0.05, 0) is 42.4 Å². The number of ether oxygens (including phenoxy) is 1. The average molecular weight is 360 g/mol. The van der Waals surface area contributed by atoms with Crippen LogP contribution in [0.1, 0.15) is 39.2 Å². The second-order valence-electron chi connectivity index (χ2n) is 7.71. The molecule has 0 radical (unpaired) electrons. The van der Waals surface area contributed by atoms with Crippen molar-refractivity contribution in [2.75, 3.05) is 12.8 Å². The van der Waals surface area contributed by atoms with E-state index in [0.717, 1.165) is 12.0 Å². The van der Waals surface area contributed by atoms with E-state index in [2.05, 4.69) is 5.32 Å². The Balaban J connectivity index is 1.98. The molecule has 1 amide bonds. The number of anilines is 1. The van der Waals surface area contributed by atoms with Gasteiger partial charge in [-0.15, -0.1) is 0 Å². The molecule has 1 aliphatic rings. The summed E-state index contributed by atoms with van der Waals surface area (Å²) in [6.45, 7) is 5.64. The van der Waals surface area contributed by atoms with E-state index in [1.54, 1.807) is 19.1 Å². The van der Waals surface area contributed by atoms with Gasteiger partial charge >= 0.3 is 5.97 Å². The van der Waals surface area contributed by atoms with Crippen LogP contribution in [-0.2, 0) is 25.5 Å². The summed E-state index contributed by atoms with van der Waals surface area (Å²) in [6.07, 6.45) is 1.35. The Labute approximate surface area is 154 Å². The molecule has 1 aromatic rings. The van der Waals surface area contributed by atoms with Crippen LogP contribution in [-0.4, -0.2) is 30.8 Å². The number of nitrogens with one attached hydrogen (secondary N) is 1. The zero-order chi connectivity index (χ0) is 19.5. The van der Waals surface area contributed by atoms with Crippen LogP contribution >= 0.6 is 0 Å². The van der Waals surface area contributed by atoms with Crippen LogP contribution in [0.2, 0.25) is 0 Å². The van der Waals surface area contributed by atoms with Gasteiger partial charge in [-0.3, -0.25) is 9.59 Å². The van der Waals surface area contributed by atoms with E-state index < -0.39 is 12.0 Å². The standard InChI is InChI=1S/C20H28N2O4/c1-12(23)16-10-14(20(16,2)3)11-18(24)22-17(19(25)26-4)9-13-5-7-15(21)8-6-13/h5-8,14,16-17H,9-11,21H2,1-4H3,(H,22,24)/t14-,16+,17-/m0/s1. The van der Waals surface area contributed by atoms with Crippen LogP contribution in [0.4, 0.5) is 5.69 Å². The van der Waals surface area contributed by atoms with E-state index in [1.807, 2.05) is 26.0 Å². The molecule has 6 nitrogen and oxygen atoms in total. The minimum absolute atomic E-state index is 0.00600. The first kappa shape index (κ1) is 19.9. The number of hydrogen-bond donors (Lipinski definition) is 2. The highest BCUT2D eigenvalue weighted by Crippen LogP contribution is 2.53. The number of nitrogens with two attached hydrogens (primary N) is 1. The third kappa shape index (κ3) is 4.42. The number of hydrogen-bond acceptors (Lipinski definition) is 5. The smallest absolute Gasteiger partial charge is 0.328 e. The molecular formula is C20H28N2O4. The quantitative estimate of drug-likeness (QED) is 0.573. The fourth-order valence-electron chi connectivity index (χ4n) is 3.75. The second kappa shape index (κ2) is 7.89. The van der Waals surface area contributed by atoms with Crippen molar-refractivity contribution in [1.82, 2.24) is 5.32 Å². The van der Waals surface area contributed by atoms with Crippen molar-refractivity contribution in [3.05, 3.63) is 29.8 Å². The number of Topliss-reactive ketones (excluding diaryl/α,β-unsaturated/α-hetero) is 1. The molecule has 0 bridgehead atoms. The third-order valence-electron chi connectivity index (χ3n) is 5.63. The van der Waals surface area contributed by atoms with Crippen molar-refractivity contribution in [2.24, 2.45) is 17.3 Å². The number of carbonyl (C=O) groups excluding carboxylic acids is 3. The molecule has 26 heavy (non-hydrogen) atoms. The van der Waals surface area contributed by atoms with Crippen LogP contribution in [0, 0.1) is 17.3 Å². The topological polar surface area (TPSA) is 98.5 Å². The summed E-state index contributed by atoms with van der Waals surface area (Å²) in [5.74, 6) is -0.374. The molecule has 142 valence electrons. The second-order valence-corrected chi connectivity index (χ2v) is 7.71. The highest BCUT2D eigenvalue weighted by Gasteiger charge is 2.50. The molecule has 1 aliphatic carbocycles. The van der Waals surface area contributed by atoms with Crippen molar-refractivity contribution in [2.45, 2.75) is 46.1 Å². The predicted octanol–water partition coefficient (Wildman–Crippen LogP) is 2.11. The Morgan fingerprint density at radius 1 is 1.27 bits per heavy atom. The highest BCUT2D eigenvalue weighted by atomic mass is 16.5. The average Bonchev–Trinajstić information content (AvgIpc) is 2.58. The highest BCUT2D eigenvalue weighted by molar-refractivity contribution is 5.85. The number of carbonyl (C=O) groups is 3. The lowest BCUT2D eigenvalue weighted by atomic mass is 9.52. The maximum Gasteiger partial charge on any atom is 0.328 e. The molecule has 2 rings (SSSR count). The summed E-state index contributed by atoms with van der Waals surface area (Å²) in [7, 11) is 1.30. The zero-order valence-electron chi connectivity index (χ0n) is 15.9. The minimum Gasteiger partial charge on any atom is -0.467 e. The first-order chi connectivity index (χ1) is 12.1. The molecule has 3 atom stereocenters. The van der Waals surface area contributed by atoms with Gasteiger partial charge in [0.2, 0.25) is 5.91 Å². The number of amides is 1. The summed E-state index contributed by atoms with van der Waals surface area (Å²) in [4.78, 5) is 36.1. The number of esters is 1. The van der Waals surface area contributed by atoms with Gasteiger partial charge in [0, 0.05) is 24.4 Å². The molecule has 0 aromatic heterocycles. The van der Waals surface area contributed by atoms with Gasteiger partial charge < -0.3 is 15.8 Å². The molecule has 0 aliphatic heterocycles. The molecule has 6 heteroatoms. The molecule has 0 saturated heterocycles. The first-order valence-electron chi connectivity index (χ1n) is 8.87. The maximum atomic E-state index is 12.5. The summed E-state index contributed by atoms with van der Waals surface area (Å²) in [5, 5.41) is 2.78. The van der Waals surface area contributed by atoms with Crippen LogP contribution < -0.4 is 11.1 Å². The Hall–Kier alpha value is -2.37. The van der Waals surface area contributed by atoms with Gasteiger partial charge in [-0.25, -0.2) is 4.79 Å². The van der Waals surface area contributed by atoms with Gasteiger partial charge in [-0.1, -0.05) is 26.0 Å². The first-order valence-corrected chi connectivity index (χ1v) is 8.87. The molecular weight excluding hydrogens is 332 g/mol. The number of methoxy groups -OCH3 is 1. The van der Waals surface area contributed by atoms with Crippen LogP contribution in [0.5, 0.6) is 0 Å². The van der Waals surface area contributed by atoms with Crippen LogP contribution in [0.25, 0.3) is 0 Å². The number of benzene rings is 1. The predicted molar refractivity (Wildman–Crippen MR) is 99.2 cm³/mol. The molecule has 0 unspecified atom stereocenters. The lowest BCUT2D eigenvalue weighted by Crippen LogP contribution is -2.51. The van der Waals surface area contributed by atoms with Gasteiger partial charge in [-0.2, -0.15) is 0 Å². The molecule has 1 aromatic carbocycles. The molecule has 3 N–H and O–H groups in total. The molecule has 1 saturated carbocycles. The number of rotatable bonds is 7. The fourth-order valence-corrected chi connectivity index (χ4v) is 3.75. The van der Waals surface area contributed by atoms with Gasteiger partial charge in [0.1, 0.15) is 11.8 Å². The van der Waals surface area contributed by atoms with Crippen molar-refractivity contribution in [1.29, 1.82) is 0 Å². The Bertz CT molecular complexity index is 682. The van der Waals surface area contributed by atoms with E-state index in [-0.39, 0.29) is 28.9 Å². The van der Waals surface area contributed by atoms with Gasteiger partial charge in [0.25, 0.3) is 0 Å².